The molecule has 1 heterocycles. The van der Waals surface area contributed by atoms with Crippen molar-refractivity contribution in [2.24, 2.45) is 0 Å². The molecule has 2 rings (SSSR count). The van der Waals surface area contributed by atoms with Gasteiger partial charge in [0.1, 0.15) is 5.75 Å². The van der Waals surface area contributed by atoms with E-state index in [1.165, 1.54) is 11.1 Å². The zero-order valence-electron chi connectivity index (χ0n) is 13.1. The second kappa shape index (κ2) is 7.79. The smallest absolute Gasteiger partial charge is 0.119 e. The first-order chi connectivity index (χ1) is 10.3. The zero-order chi connectivity index (χ0) is 15.1. The van der Waals surface area contributed by atoms with E-state index < -0.39 is 0 Å². The van der Waals surface area contributed by atoms with Crippen molar-refractivity contribution in [3.05, 3.63) is 59.4 Å². The van der Waals surface area contributed by atoms with E-state index in [0.29, 0.717) is 6.61 Å². The topological polar surface area (TPSA) is 34.1 Å². The molecule has 0 saturated carbocycles. The van der Waals surface area contributed by atoms with Crippen LogP contribution in [0, 0.1) is 0 Å². The van der Waals surface area contributed by atoms with Crippen LogP contribution in [0.4, 0.5) is 0 Å². The van der Waals surface area contributed by atoms with Crippen molar-refractivity contribution in [2.75, 3.05) is 13.2 Å². The van der Waals surface area contributed by atoms with Gasteiger partial charge in [0, 0.05) is 6.20 Å². The lowest BCUT2D eigenvalue weighted by Crippen LogP contribution is -2.24. The molecule has 0 aliphatic heterocycles. The molecule has 1 unspecified atom stereocenters. The maximum Gasteiger partial charge on any atom is 0.119 e. The molecule has 0 bridgehead atoms. The molecular weight excluding hydrogens is 260 g/mol. The molecule has 0 radical (unpaired) electrons. The van der Waals surface area contributed by atoms with Gasteiger partial charge in [0.25, 0.3) is 0 Å². The first-order valence-electron chi connectivity index (χ1n) is 7.70. The van der Waals surface area contributed by atoms with Crippen LogP contribution in [-0.2, 0) is 6.42 Å². The highest BCUT2D eigenvalue weighted by molar-refractivity contribution is 5.36. The van der Waals surface area contributed by atoms with Gasteiger partial charge in [-0.3, -0.25) is 4.98 Å². The summed E-state index contributed by atoms with van der Waals surface area (Å²) in [4.78, 5) is 4.61. The van der Waals surface area contributed by atoms with E-state index in [9.17, 15) is 0 Å². The normalized spacial score (nSPS) is 12.1. The molecule has 0 aliphatic rings. The van der Waals surface area contributed by atoms with Gasteiger partial charge in [-0.2, -0.15) is 0 Å². The van der Waals surface area contributed by atoms with Crippen molar-refractivity contribution in [2.45, 2.75) is 33.2 Å². The number of hydrogen-bond donors (Lipinski definition) is 1. The summed E-state index contributed by atoms with van der Waals surface area (Å²) in [6.07, 6.45) is 2.86. The molecule has 3 heteroatoms. The van der Waals surface area contributed by atoms with Crippen LogP contribution in [0.2, 0.25) is 0 Å². The van der Waals surface area contributed by atoms with Gasteiger partial charge in [0.15, 0.2) is 0 Å². The number of ether oxygens (including phenoxy) is 1. The van der Waals surface area contributed by atoms with Crippen LogP contribution >= 0.6 is 0 Å². The molecule has 0 amide bonds. The average molecular weight is 284 g/mol. The predicted octanol–water partition coefficient (Wildman–Crippen LogP) is 3.74. The summed E-state index contributed by atoms with van der Waals surface area (Å²) in [6, 6.07) is 12.6. The Labute approximate surface area is 127 Å². The largest absolute Gasteiger partial charge is 0.494 e. The number of benzene rings is 1. The molecule has 112 valence electrons. The molecule has 21 heavy (non-hydrogen) atoms. The molecule has 1 aromatic carbocycles. The number of nitrogens with zero attached hydrogens (tertiary/aromatic N) is 1. The molecule has 0 fully saturated rings. The lowest BCUT2D eigenvalue weighted by atomic mass is 9.98. The number of aromatic nitrogens is 1. The summed E-state index contributed by atoms with van der Waals surface area (Å²) in [5.74, 6) is 0.910. The Morgan fingerprint density at radius 3 is 2.48 bits per heavy atom. The van der Waals surface area contributed by atoms with Gasteiger partial charge in [0.2, 0.25) is 0 Å². The fraction of sp³-hybridized carbons (Fsp3) is 0.389. The van der Waals surface area contributed by atoms with Crippen LogP contribution < -0.4 is 10.1 Å². The number of aryl methyl sites for hydroxylation is 1. The predicted molar refractivity (Wildman–Crippen MR) is 86.7 cm³/mol. The molecule has 1 aromatic heterocycles. The molecule has 3 nitrogen and oxygen atoms in total. The van der Waals surface area contributed by atoms with E-state index >= 15 is 0 Å². The third-order valence-corrected chi connectivity index (χ3v) is 3.51. The van der Waals surface area contributed by atoms with Crippen LogP contribution in [0.25, 0.3) is 0 Å². The van der Waals surface area contributed by atoms with E-state index in [0.717, 1.165) is 24.4 Å². The second-order valence-electron chi connectivity index (χ2n) is 4.89. The highest BCUT2D eigenvalue weighted by Gasteiger charge is 2.17. The fourth-order valence-corrected chi connectivity index (χ4v) is 2.51. The summed E-state index contributed by atoms with van der Waals surface area (Å²) in [6.45, 7) is 7.88. The number of rotatable bonds is 7. The van der Waals surface area contributed by atoms with Crippen LogP contribution in [0.15, 0.2) is 42.6 Å². The zero-order valence-corrected chi connectivity index (χ0v) is 13.1. The highest BCUT2D eigenvalue weighted by Crippen LogP contribution is 2.25. The summed E-state index contributed by atoms with van der Waals surface area (Å²) >= 11 is 0. The Balaban J connectivity index is 2.33. The number of pyridine rings is 1. The minimum absolute atomic E-state index is 0.127. The van der Waals surface area contributed by atoms with Gasteiger partial charge in [0.05, 0.1) is 18.3 Å². The maximum atomic E-state index is 5.52. The van der Waals surface area contributed by atoms with Crippen molar-refractivity contribution in [3.8, 4) is 5.75 Å². The summed E-state index contributed by atoms with van der Waals surface area (Å²) in [7, 11) is 0. The number of hydrogen-bond acceptors (Lipinski definition) is 3. The minimum atomic E-state index is 0.127. The Morgan fingerprint density at radius 2 is 1.86 bits per heavy atom. The monoisotopic (exact) mass is 284 g/mol. The summed E-state index contributed by atoms with van der Waals surface area (Å²) in [5.41, 5.74) is 3.62. The van der Waals surface area contributed by atoms with Gasteiger partial charge >= 0.3 is 0 Å². The van der Waals surface area contributed by atoms with Gasteiger partial charge in [-0.1, -0.05) is 32.0 Å². The quantitative estimate of drug-likeness (QED) is 0.841. The molecule has 1 atom stereocenters. The van der Waals surface area contributed by atoms with Gasteiger partial charge in [-0.15, -0.1) is 0 Å². The number of nitrogens with one attached hydrogen (secondary N) is 1. The van der Waals surface area contributed by atoms with E-state index in [-0.39, 0.29) is 6.04 Å². The van der Waals surface area contributed by atoms with Crippen LogP contribution in [0.3, 0.4) is 0 Å². The molecule has 0 spiro atoms. The van der Waals surface area contributed by atoms with Crippen LogP contribution in [0.1, 0.15) is 43.6 Å². The first kappa shape index (κ1) is 15.5. The Hall–Kier alpha value is -1.87. The molecule has 0 aliphatic carbocycles. The van der Waals surface area contributed by atoms with Crippen LogP contribution in [0.5, 0.6) is 5.75 Å². The third-order valence-electron chi connectivity index (χ3n) is 3.51. The van der Waals surface area contributed by atoms with Crippen molar-refractivity contribution in [3.63, 3.8) is 0 Å². The van der Waals surface area contributed by atoms with E-state index in [1.807, 2.05) is 31.3 Å². The van der Waals surface area contributed by atoms with Gasteiger partial charge in [-0.25, -0.2) is 0 Å². The second-order valence-corrected chi connectivity index (χ2v) is 4.89. The van der Waals surface area contributed by atoms with Crippen molar-refractivity contribution < 1.29 is 4.74 Å². The molecular formula is C18H24N2O. The Morgan fingerprint density at radius 1 is 1.10 bits per heavy atom. The minimum Gasteiger partial charge on any atom is -0.494 e. The van der Waals surface area contributed by atoms with Crippen LogP contribution in [-0.4, -0.2) is 18.1 Å². The van der Waals surface area contributed by atoms with Gasteiger partial charge < -0.3 is 10.1 Å². The Bertz CT molecular complexity index is 551. The SMILES string of the molecule is CCNC(c1ccc(OCC)cc1)c1ncccc1CC. The third kappa shape index (κ3) is 3.82. The first-order valence-corrected chi connectivity index (χ1v) is 7.70. The van der Waals surface area contributed by atoms with E-state index in [2.05, 4.69) is 42.3 Å². The van der Waals surface area contributed by atoms with Crippen molar-refractivity contribution >= 4 is 0 Å². The van der Waals surface area contributed by atoms with Crippen molar-refractivity contribution in [1.82, 2.24) is 10.3 Å². The average Bonchev–Trinajstić information content (AvgIpc) is 2.54. The van der Waals surface area contributed by atoms with E-state index in [1.54, 1.807) is 0 Å². The summed E-state index contributed by atoms with van der Waals surface area (Å²) in [5, 5.41) is 3.54. The lowest BCUT2D eigenvalue weighted by Gasteiger charge is -2.20. The molecule has 0 saturated heterocycles. The van der Waals surface area contributed by atoms with E-state index in [4.69, 9.17) is 4.74 Å². The van der Waals surface area contributed by atoms with Gasteiger partial charge in [-0.05, 0) is 49.2 Å². The van der Waals surface area contributed by atoms with Crippen molar-refractivity contribution in [1.29, 1.82) is 0 Å². The summed E-state index contributed by atoms with van der Waals surface area (Å²) < 4.78 is 5.52. The molecule has 2 aromatic rings. The fourth-order valence-electron chi connectivity index (χ4n) is 2.51. The maximum absolute atomic E-state index is 5.52. The standard InChI is InChI=1S/C18H24N2O/c1-4-14-8-7-13-20-17(14)18(19-5-2)15-9-11-16(12-10-15)21-6-3/h7-13,18-19H,4-6H2,1-3H3. The molecule has 1 N–H and O–H groups in total. The lowest BCUT2D eigenvalue weighted by molar-refractivity contribution is 0.340. The Kier molecular flexibility index (Phi) is 5.76. The highest BCUT2D eigenvalue weighted by atomic mass is 16.5.